The first kappa shape index (κ1) is 22.9. The molecule has 0 amide bonds. The summed E-state index contributed by atoms with van der Waals surface area (Å²) in [5.74, 6) is 0.314. The van der Waals surface area contributed by atoms with Crippen LogP contribution in [0.15, 0.2) is 64.9 Å². The van der Waals surface area contributed by atoms with E-state index in [1.807, 2.05) is 0 Å². The third kappa shape index (κ3) is 5.17. The van der Waals surface area contributed by atoms with Gasteiger partial charge in [-0.05, 0) is 48.4 Å². The van der Waals surface area contributed by atoms with Crippen LogP contribution in [0.2, 0.25) is 0 Å². The van der Waals surface area contributed by atoms with Gasteiger partial charge in [0.05, 0.1) is 12.0 Å². The quantitative estimate of drug-likeness (QED) is 0.417. The zero-order valence-electron chi connectivity index (χ0n) is 16.7. The minimum absolute atomic E-state index is 0.0199. The van der Waals surface area contributed by atoms with Crippen LogP contribution in [0.3, 0.4) is 0 Å². The first-order valence-electron chi connectivity index (χ1n) is 9.02. The van der Waals surface area contributed by atoms with E-state index in [-0.39, 0.29) is 21.3 Å². The highest BCUT2D eigenvalue weighted by atomic mass is 32.2. The first-order valence-corrected chi connectivity index (χ1v) is 11.9. The first-order chi connectivity index (χ1) is 13.7. The number of allylic oxidation sites excluding steroid dienone is 1. The van der Waals surface area contributed by atoms with Crippen molar-refractivity contribution in [2.75, 3.05) is 20.2 Å². The Morgan fingerprint density at radius 1 is 0.931 bits per heavy atom. The number of nitrogens with zero attached hydrogens (tertiary/aromatic N) is 1. The van der Waals surface area contributed by atoms with Gasteiger partial charge in [0, 0.05) is 13.1 Å². The lowest BCUT2D eigenvalue weighted by molar-refractivity contribution is 0.390. The van der Waals surface area contributed by atoms with Crippen LogP contribution in [-0.2, 0) is 26.6 Å². The van der Waals surface area contributed by atoms with Crippen molar-refractivity contribution in [1.82, 2.24) is 4.31 Å². The average Bonchev–Trinajstić information content (AvgIpc) is 2.70. The number of sulfonamides is 1. The van der Waals surface area contributed by atoms with Crippen LogP contribution in [0.1, 0.15) is 19.4 Å². The molecule has 9 heteroatoms. The molecule has 158 valence electrons. The van der Waals surface area contributed by atoms with Crippen LogP contribution in [0.4, 0.5) is 0 Å². The van der Waals surface area contributed by atoms with Crippen molar-refractivity contribution in [3.05, 3.63) is 60.7 Å². The topological polar surface area (TPSA) is 90.0 Å². The highest BCUT2D eigenvalue weighted by molar-refractivity contribution is 7.89. The van der Waals surface area contributed by atoms with E-state index in [1.54, 1.807) is 32.1 Å². The summed E-state index contributed by atoms with van der Waals surface area (Å²) in [6, 6.07) is 9.84. The second kappa shape index (κ2) is 9.43. The minimum Gasteiger partial charge on any atom is -0.493 e. The molecule has 0 aliphatic rings. The normalized spacial score (nSPS) is 12.0. The van der Waals surface area contributed by atoms with E-state index in [9.17, 15) is 16.8 Å². The third-order valence-corrected chi connectivity index (χ3v) is 7.58. The molecule has 2 rings (SSSR count). The van der Waals surface area contributed by atoms with Gasteiger partial charge >= 0.3 is 10.1 Å². The molecule has 0 bridgehead atoms. The monoisotopic (exact) mass is 439 g/mol. The predicted octanol–water partition coefficient (Wildman–Crippen LogP) is 3.22. The molecule has 0 saturated heterocycles. The average molecular weight is 440 g/mol. The van der Waals surface area contributed by atoms with Crippen LogP contribution in [0.25, 0.3) is 0 Å². The van der Waals surface area contributed by atoms with Crippen LogP contribution >= 0.6 is 0 Å². The van der Waals surface area contributed by atoms with Gasteiger partial charge in [0.25, 0.3) is 0 Å². The van der Waals surface area contributed by atoms with E-state index in [1.165, 1.54) is 41.7 Å². The molecule has 0 atom stereocenters. The summed E-state index contributed by atoms with van der Waals surface area (Å²) in [4.78, 5) is -0.139. The summed E-state index contributed by atoms with van der Waals surface area (Å²) < 4.78 is 62.1. The van der Waals surface area contributed by atoms with Gasteiger partial charge in [-0.25, -0.2) is 8.42 Å². The Labute approximate surface area is 172 Å². The molecular weight excluding hydrogens is 414 g/mol. The minimum atomic E-state index is -4.17. The number of hydrogen-bond donors (Lipinski definition) is 0. The van der Waals surface area contributed by atoms with Gasteiger partial charge < -0.3 is 8.92 Å². The maximum Gasteiger partial charge on any atom is 0.339 e. The molecule has 29 heavy (non-hydrogen) atoms. The van der Waals surface area contributed by atoms with Crippen molar-refractivity contribution in [3.8, 4) is 11.5 Å². The summed E-state index contributed by atoms with van der Waals surface area (Å²) >= 11 is 0. The van der Waals surface area contributed by atoms with Gasteiger partial charge in [-0.1, -0.05) is 26.0 Å². The molecule has 0 radical (unpaired) electrons. The van der Waals surface area contributed by atoms with Crippen LogP contribution in [0.5, 0.6) is 11.5 Å². The maximum absolute atomic E-state index is 12.6. The molecule has 0 heterocycles. The highest BCUT2D eigenvalue weighted by Crippen LogP contribution is 2.31. The molecule has 0 unspecified atom stereocenters. The summed E-state index contributed by atoms with van der Waals surface area (Å²) in [6.45, 7) is 7.79. The largest absolute Gasteiger partial charge is 0.493 e. The molecule has 0 fully saturated rings. The number of benzene rings is 2. The Hall–Kier alpha value is -2.36. The lowest BCUT2D eigenvalue weighted by Gasteiger charge is -2.18. The summed E-state index contributed by atoms with van der Waals surface area (Å²) in [5, 5.41) is 0. The second-order valence-corrected chi connectivity index (χ2v) is 9.56. The van der Waals surface area contributed by atoms with Gasteiger partial charge in [0.15, 0.2) is 11.5 Å². The molecule has 2 aromatic rings. The predicted molar refractivity (Wildman–Crippen MR) is 111 cm³/mol. The van der Waals surface area contributed by atoms with E-state index in [4.69, 9.17) is 8.92 Å². The maximum atomic E-state index is 12.6. The van der Waals surface area contributed by atoms with Crippen molar-refractivity contribution in [2.24, 2.45) is 0 Å². The van der Waals surface area contributed by atoms with Crippen molar-refractivity contribution in [1.29, 1.82) is 0 Å². The Morgan fingerprint density at radius 3 is 2.03 bits per heavy atom. The summed E-state index contributed by atoms with van der Waals surface area (Å²) in [6.07, 6.45) is 2.33. The molecule has 0 spiro atoms. The molecule has 0 aliphatic carbocycles. The van der Waals surface area contributed by atoms with E-state index in [0.29, 0.717) is 19.5 Å². The Kier molecular flexibility index (Phi) is 7.45. The lowest BCUT2D eigenvalue weighted by atomic mass is 10.1. The SMILES string of the molecule is C=CCc1ccc(OS(=O)(=O)c2ccc(S(=O)(=O)N(CC)CC)cc2)c(OC)c1. The fourth-order valence-corrected chi connectivity index (χ4v) is 5.13. The molecule has 0 saturated carbocycles. The van der Waals surface area contributed by atoms with Gasteiger partial charge in [0.2, 0.25) is 10.0 Å². The molecule has 0 aromatic heterocycles. The van der Waals surface area contributed by atoms with Crippen molar-refractivity contribution in [2.45, 2.75) is 30.1 Å². The molecule has 2 aromatic carbocycles. The summed E-state index contributed by atoms with van der Waals surface area (Å²) in [7, 11) is -6.43. The number of hydrogen-bond acceptors (Lipinski definition) is 6. The highest BCUT2D eigenvalue weighted by Gasteiger charge is 2.24. The second-order valence-electron chi connectivity index (χ2n) is 6.08. The molecule has 0 aliphatic heterocycles. The van der Waals surface area contributed by atoms with E-state index < -0.39 is 20.1 Å². The fourth-order valence-electron chi connectivity index (χ4n) is 2.73. The van der Waals surface area contributed by atoms with Gasteiger partial charge in [-0.2, -0.15) is 12.7 Å². The lowest BCUT2D eigenvalue weighted by Crippen LogP contribution is -2.30. The van der Waals surface area contributed by atoms with Crippen molar-refractivity contribution < 1.29 is 25.8 Å². The Morgan fingerprint density at radius 2 is 1.52 bits per heavy atom. The van der Waals surface area contributed by atoms with Gasteiger partial charge in [-0.3, -0.25) is 0 Å². The Bertz CT molecular complexity index is 1060. The number of ether oxygens (including phenoxy) is 1. The molecule has 0 N–H and O–H groups in total. The van der Waals surface area contributed by atoms with Gasteiger partial charge in [0.1, 0.15) is 4.90 Å². The number of methoxy groups -OCH3 is 1. The fraction of sp³-hybridized carbons (Fsp3) is 0.300. The molecule has 7 nitrogen and oxygen atoms in total. The van der Waals surface area contributed by atoms with Crippen molar-refractivity contribution in [3.63, 3.8) is 0 Å². The zero-order valence-corrected chi connectivity index (χ0v) is 18.3. The van der Waals surface area contributed by atoms with Crippen LogP contribution in [-0.4, -0.2) is 41.3 Å². The standard InChI is InChI=1S/C20H25NO6S2/c1-5-8-16-9-14-19(20(15-16)26-4)27-29(24,25)18-12-10-17(11-13-18)28(22,23)21(6-2)7-3/h5,9-15H,1,6-8H2,2-4H3. The third-order valence-electron chi connectivity index (χ3n) is 4.26. The van der Waals surface area contributed by atoms with Crippen molar-refractivity contribution >= 4 is 20.1 Å². The van der Waals surface area contributed by atoms with E-state index in [0.717, 1.165) is 5.56 Å². The van der Waals surface area contributed by atoms with E-state index >= 15 is 0 Å². The van der Waals surface area contributed by atoms with Crippen LogP contribution < -0.4 is 8.92 Å². The summed E-state index contributed by atoms with van der Waals surface area (Å²) in [5.41, 5.74) is 0.896. The smallest absolute Gasteiger partial charge is 0.339 e. The van der Waals surface area contributed by atoms with E-state index in [2.05, 4.69) is 6.58 Å². The number of rotatable bonds is 10. The zero-order chi connectivity index (χ0) is 21.7. The van der Waals surface area contributed by atoms with Gasteiger partial charge in [-0.15, -0.1) is 6.58 Å². The molecular formula is C20H25NO6S2. The van der Waals surface area contributed by atoms with Crippen LogP contribution in [0, 0.1) is 0 Å². The Balaban J connectivity index is 2.32.